The third-order valence-electron chi connectivity index (χ3n) is 3.45. The number of sulfonamides is 1. The molecule has 2 aromatic heterocycles. The first kappa shape index (κ1) is 15.0. The Morgan fingerprint density at radius 1 is 1.50 bits per heavy atom. The van der Waals surface area contributed by atoms with E-state index in [0.29, 0.717) is 13.0 Å². The van der Waals surface area contributed by atoms with E-state index in [1.807, 2.05) is 10.3 Å². The van der Waals surface area contributed by atoms with E-state index in [-0.39, 0.29) is 4.90 Å². The number of nitrogens with zero attached hydrogens (tertiary/aromatic N) is 4. The number of rotatable bonds is 4. The Morgan fingerprint density at radius 3 is 2.95 bits per heavy atom. The average Bonchev–Trinajstić information content (AvgIpc) is 3.18. The number of amides is 1. The Balaban J connectivity index is 1.76. The normalized spacial score (nSPS) is 18.6. The van der Waals surface area contributed by atoms with E-state index in [0.717, 1.165) is 11.6 Å². The van der Waals surface area contributed by atoms with Gasteiger partial charge in [0.05, 0.1) is 6.20 Å². The van der Waals surface area contributed by atoms with Crippen LogP contribution in [-0.2, 0) is 21.9 Å². The topological polar surface area (TPSA) is 97.2 Å². The molecule has 1 amide bonds. The van der Waals surface area contributed by atoms with E-state index in [1.165, 1.54) is 28.4 Å². The average molecular weight is 341 g/mol. The number of hydrogen-bond acceptors (Lipinski definition) is 7. The highest BCUT2D eigenvalue weighted by Crippen LogP contribution is 2.27. The summed E-state index contributed by atoms with van der Waals surface area (Å²) in [5.41, 5.74) is 0. The molecule has 1 saturated heterocycles. The number of hydrogen-bond donors (Lipinski definition) is 1. The van der Waals surface area contributed by atoms with Gasteiger partial charge < -0.3 is 4.90 Å². The molecule has 10 heteroatoms. The van der Waals surface area contributed by atoms with Crippen LogP contribution in [0.1, 0.15) is 12.8 Å². The summed E-state index contributed by atoms with van der Waals surface area (Å²) >= 11 is 1.43. The zero-order valence-electron chi connectivity index (χ0n) is 11.8. The molecule has 0 saturated carbocycles. The molecular formula is C12H15N5O3S2. The fraction of sp³-hybridized carbons (Fsp3) is 0.417. The molecule has 1 atom stereocenters. The molecule has 1 aliphatic rings. The second-order valence-corrected chi connectivity index (χ2v) is 7.54. The van der Waals surface area contributed by atoms with Crippen molar-refractivity contribution in [2.24, 2.45) is 7.05 Å². The summed E-state index contributed by atoms with van der Waals surface area (Å²) in [6, 6.07) is -0.516. The van der Waals surface area contributed by atoms with Crippen LogP contribution in [0, 0.1) is 0 Å². The molecule has 0 bridgehead atoms. The van der Waals surface area contributed by atoms with Gasteiger partial charge in [-0.25, -0.2) is 18.1 Å². The summed E-state index contributed by atoms with van der Waals surface area (Å²) in [5, 5.41) is 6.37. The fourth-order valence-electron chi connectivity index (χ4n) is 2.42. The summed E-state index contributed by atoms with van der Waals surface area (Å²) in [4.78, 5) is 18.4. The highest BCUT2D eigenvalue weighted by molar-refractivity contribution is 7.90. The number of anilines is 1. The lowest BCUT2D eigenvalue weighted by Crippen LogP contribution is -2.45. The smallest absolute Gasteiger partial charge is 0.267 e. The van der Waals surface area contributed by atoms with Gasteiger partial charge in [-0.2, -0.15) is 5.10 Å². The molecular weight excluding hydrogens is 326 g/mol. The third kappa shape index (κ3) is 2.83. The van der Waals surface area contributed by atoms with Gasteiger partial charge in [-0.1, -0.05) is 0 Å². The number of carbonyl (C=O) groups is 1. The Labute approximate surface area is 131 Å². The van der Waals surface area contributed by atoms with E-state index in [9.17, 15) is 13.2 Å². The van der Waals surface area contributed by atoms with Gasteiger partial charge in [0.25, 0.3) is 15.9 Å². The van der Waals surface area contributed by atoms with E-state index in [2.05, 4.69) is 14.8 Å². The minimum Gasteiger partial charge on any atom is -0.336 e. The second kappa shape index (κ2) is 5.69. The highest BCUT2D eigenvalue weighted by Gasteiger charge is 2.34. The van der Waals surface area contributed by atoms with Gasteiger partial charge >= 0.3 is 0 Å². The lowest BCUT2D eigenvalue weighted by atomic mass is 10.2. The van der Waals surface area contributed by atoms with Gasteiger partial charge in [0.1, 0.15) is 10.9 Å². The Bertz CT molecular complexity index is 769. The monoisotopic (exact) mass is 341 g/mol. The third-order valence-corrected chi connectivity index (χ3v) is 5.56. The maximum atomic E-state index is 12.4. The number of aryl methyl sites for hydroxylation is 1. The van der Waals surface area contributed by atoms with Crippen molar-refractivity contribution in [1.82, 2.24) is 19.5 Å². The van der Waals surface area contributed by atoms with Gasteiger partial charge in [-0.15, -0.1) is 11.3 Å². The van der Waals surface area contributed by atoms with Crippen molar-refractivity contribution in [3.8, 4) is 0 Å². The van der Waals surface area contributed by atoms with Crippen LogP contribution in [0.2, 0.25) is 0 Å². The summed E-state index contributed by atoms with van der Waals surface area (Å²) < 4.78 is 27.9. The molecule has 0 radical (unpaired) electrons. The first-order chi connectivity index (χ1) is 10.5. The van der Waals surface area contributed by atoms with Crippen LogP contribution in [0.25, 0.3) is 0 Å². The van der Waals surface area contributed by atoms with Crippen molar-refractivity contribution in [2.45, 2.75) is 23.8 Å². The minimum absolute atomic E-state index is 0.0258. The SMILES string of the molecule is Cn1cc(S(=O)(=O)NC(=O)C2CCCN2c2nccs2)cn1. The van der Waals surface area contributed by atoms with Crippen LogP contribution in [0.4, 0.5) is 5.13 Å². The molecule has 118 valence electrons. The largest absolute Gasteiger partial charge is 0.336 e. The van der Waals surface area contributed by atoms with Crippen molar-refractivity contribution in [1.29, 1.82) is 0 Å². The molecule has 1 fully saturated rings. The zero-order chi connectivity index (χ0) is 15.7. The van der Waals surface area contributed by atoms with Crippen molar-refractivity contribution >= 4 is 32.4 Å². The van der Waals surface area contributed by atoms with Crippen LogP contribution in [-0.4, -0.2) is 41.7 Å². The van der Waals surface area contributed by atoms with Crippen LogP contribution in [0.5, 0.6) is 0 Å². The number of carbonyl (C=O) groups excluding carboxylic acids is 1. The van der Waals surface area contributed by atoms with Gasteiger partial charge in [-0.3, -0.25) is 9.48 Å². The standard InChI is InChI=1S/C12H15N5O3S2/c1-16-8-9(7-14-16)22(19,20)15-11(18)10-3-2-5-17(10)12-13-4-6-21-12/h4,6-8,10H,2-3,5H2,1H3,(H,15,18). The van der Waals surface area contributed by atoms with Crippen LogP contribution >= 0.6 is 11.3 Å². The molecule has 2 aromatic rings. The molecule has 0 aliphatic carbocycles. The van der Waals surface area contributed by atoms with Crippen molar-refractivity contribution in [3.63, 3.8) is 0 Å². The van der Waals surface area contributed by atoms with Crippen molar-refractivity contribution < 1.29 is 13.2 Å². The van der Waals surface area contributed by atoms with Crippen molar-refractivity contribution in [2.75, 3.05) is 11.4 Å². The predicted octanol–water partition coefficient (Wildman–Crippen LogP) is 0.351. The van der Waals surface area contributed by atoms with E-state index in [4.69, 9.17) is 0 Å². The Hall–Kier alpha value is -1.94. The van der Waals surface area contributed by atoms with Gasteiger partial charge in [-0.05, 0) is 12.8 Å². The molecule has 3 heterocycles. The minimum atomic E-state index is -3.89. The molecule has 1 aliphatic heterocycles. The van der Waals surface area contributed by atoms with E-state index in [1.54, 1.807) is 13.2 Å². The van der Waals surface area contributed by atoms with Gasteiger partial charge in [0.2, 0.25) is 0 Å². The maximum absolute atomic E-state index is 12.4. The lowest BCUT2D eigenvalue weighted by molar-refractivity contribution is -0.120. The molecule has 0 aromatic carbocycles. The van der Waals surface area contributed by atoms with Crippen molar-refractivity contribution in [3.05, 3.63) is 24.0 Å². The fourth-order valence-corrected chi connectivity index (χ4v) is 4.14. The molecule has 1 N–H and O–H groups in total. The quantitative estimate of drug-likeness (QED) is 0.862. The molecule has 3 rings (SSSR count). The maximum Gasteiger partial charge on any atom is 0.267 e. The molecule has 22 heavy (non-hydrogen) atoms. The lowest BCUT2D eigenvalue weighted by Gasteiger charge is -2.22. The number of aromatic nitrogens is 3. The Kier molecular flexibility index (Phi) is 3.87. The second-order valence-electron chi connectivity index (χ2n) is 4.99. The summed E-state index contributed by atoms with van der Waals surface area (Å²) in [6.07, 6.45) is 5.66. The summed E-state index contributed by atoms with van der Waals surface area (Å²) in [5.74, 6) is -0.531. The molecule has 0 spiro atoms. The molecule has 8 nitrogen and oxygen atoms in total. The summed E-state index contributed by atoms with van der Waals surface area (Å²) in [6.45, 7) is 0.693. The highest BCUT2D eigenvalue weighted by atomic mass is 32.2. The Morgan fingerprint density at radius 2 is 2.32 bits per heavy atom. The zero-order valence-corrected chi connectivity index (χ0v) is 13.5. The first-order valence-electron chi connectivity index (χ1n) is 6.69. The van der Waals surface area contributed by atoms with E-state index >= 15 is 0 Å². The number of thiazole rings is 1. The van der Waals surface area contributed by atoms with Gasteiger partial charge in [0, 0.05) is 31.4 Å². The van der Waals surface area contributed by atoms with Crippen LogP contribution in [0.3, 0.4) is 0 Å². The predicted molar refractivity (Wildman–Crippen MR) is 81.0 cm³/mol. The van der Waals surface area contributed by atoms with Gasteiger partial charge in [0.15, 0.2) is 5.13 Å². The summed E-state index contributed by atoms with van der Waals surface area (Å²) in [7, 11) is -2.28. The van der Waals surface area contributed by atoms with E-state index < -0.39 is 22.0 Å². The molecule has 1 unspecified atom stereocenters. The first-order valence-corrected chi connectivity index (χ1v) is 9.05. The van der Waals surface area contributed by atoms with Crippen LogP contribution < -0.4 is 9.62 Å². The van der Waals surface area contributed by atoms with Crippen LogP contribution in [0.15, 0.2) is 28.9 Å². The number of nitrogens with one attached hydrogen (secondary N) is 1.